The van der Waals surface area contributed by atoms with E-state index in [4.69, 9.17) is 5.73 Å². The number of carbonyl (C=O) groups is 1. The molecule has 13 heteroatoms. The average Bonchev–Trinajstić information content (AvgIpc) is 3.40. The molecule has 8 nitrogen and oxygen atoms in total. The minimum Gasteiger partial charge on any atom is -0.383 e. The SMILES string of the molecule is CC1(c2ccccc2)C(=O)Nc2nc(-c3cn4ccnc4c(CCC(F)(F)C(F)(F)F)n3)nc(N)c21. The van der Waals surface area contributed by atoms with Crippen LogP contribution in [0.5, 0.6) is 0 Å². The lowest BCUT2D eigenvalue weighted by Gasteiger charge is -2.23. The van der Waals surface area contributed by atoms with Crippen LogP contribution in [0.4, 0.5) is 33.6 Å². The number of hydrogen-bond donors (Lipinski definition) is 2. The normalized spacial score (nSPS) is 17.9. The molecule has 1 aliphatic rings. The van der Waals surface area contributed by atoms with E-state index in [0.717, 1.165) is 0 Å². The van der Waals surface area contributed by atoms with E-state index in [-0.39, 0.29) is 40.4 Å². The Kier molecular flexibility index (Phi) is 5.19. The fourth-order valence-corrected chi connectivity index (χ4v) is 4.26. The number of alkyl halides is 5. The summed E-state index contributed by atoms with van der Waals surface area (Å²) in [5.74, 6) is -5.14. The van der Waals surface area contributed by atoms with E-state index in [9.17, 15) is 26.7 Å². The highest BCUT2D eigenvalue weighted by atomic mass is 19.4. The number of carbonyl (C=O) groups excluding carboxylic acids is 1. The van der Waals surface area contributed by atoms with Crippen LogP contribution in [0.15, 0.2) is 48.9 Å². The number of amides is 1. The quantitative estimate of drug-likeness (QED) is 0.396. The Morgan fingerprint density at radius 1 is 1.08 bits per heavy atom. The van der Waals surface area contributed by atoms with Gasteiger partial charge in [-0.1, -0.05) is 30.3 Å². The van der Waals surface area contributed by atoms with Gasteiger partial charge in [0.05, 0.1) is 11.3 Å². The number of aryl methyl sites for hydroxylation is 1. The second-order valence-corrected chi connectivity index (χ2v) is 8.53. The van der Waals surface area contributed by atoms with Crippen molar-refractivity contribution in [1.82, 2.24) is 24.3 Å². The molecule has 1 aliphatic heterocycles. The first-order valence-electron chi connectivity index (χ1n) is 10.7. The molecule has 0 saturated carbocycles. The fraction of sp³-hybridized carbons (Fsp3) is 0.261. The first-order chi connectivity index (χ1) is 16.9. The van der Waals surface area contributed by atoms with Crippen molar-refractivity contribution in [3.05, 3.63) is 65.7 Å². The second-order valence-electron chi connectivity index (χ2n) is 8.53. The molecule has 0 aliphatic carbocycles. The molecule has 3 aromatic heterocycles. The Morgan fingerprint density at radius 2 is 1.81 bits per heavy atom. The Bertz CT molecular complexity index is 1490. The van der Waals surface area contributed by atoms with Gasteiger partial charge < -0.3 is 15.5 Å². The fourth-order valence-electron chi connectivity index (χ4n) is 4.26. The average molecular weight is 503 g/mol. The van der Waals surface area contributed by atoms with Gasteiger partial charge in [-0.15, -0.1) is 0 Å². The molecular formula is C23H18F5N7O. The summed E-state index contributed by atoms with van der Waals surface area (Å²) in [5.41, 5.74) is 6.24. The summed E-state index contributed by atoms with van der Waals surface area (Å²) in [4.78, 5) is 29.9. The molecule has 0 radical (unpaired) electrons. The van der Waals surface area contributed by atoms with Gasteiger partial charge in [0.15, 0.2) is 11.5 Å². The molecule has 5 rings (SSSR count). The highest BCUT2D eigenvalue weighted by Crippen LogP contribution is 2.45. The Labute approximate surface area is 200 Å². The van der Waals surface area contributed by atoms with Crippen LogP contribution < -0.4 is 11.1 Å². The smallest absolute Gasteiger partial charge is 0.383 e. The summed E-state index contributed by atoms with van der Waals surface area (Å²) in [6.45, 7) is 1.69. The number of imidazole rings is 1. The third-order valence-electron chi connectivity index (χ3n) is 6.24. The lowest BCUT2D eigenvalue weighted by molar-refractivity contribution is -0.284. The Balaban J connectivity index is 1.57. The first-order valence-corrected chi connectivity index (χ1v) is 10.7. The maximum atomic E-state index is 13.6. The van der Waals surface area contributed by atoms with Gasteiger partial charge in [0.1, 0.15) is 22.7 Å². The standard InChI is InChI=1S/C23H18F5N7O/c1-21(12-5-3-2-4-6-12)15-16(29)32-17(33-18(15)34-20(21)36)14-11-35-10-9-30-19(35)13(31-14)7-8-22(24,25)23(26,27)28/h2-6,9-11H,7-8H2,1H3,(H3,29,32,33,34,36). The molecule has 1 amide bonds. The van der Waals surface area contributed by atoms with Gasteiger partial charge in [-0.05, 0) is 18.9 Å². The molecule has 0 spiro atoms. The number of nitrogens with one attached hydrogen (secondary N) is 1. The van der Waals surface area contributed by atoms with Crippen molar-refractivity contribution in [2.24, 2.45) is 0 Å². The molecule has 0 fully saturated rings. The molecule has 3 N–H and O–H groups in total. The van der Waals surface area contributed by atoms with Gasteiger partial charge in [-0.3, -0.25) is 4.79 Å². The topological polar surface area (TPSA) is 111 Å². The van der Waals surface area contributed by atoms with E-state index in [1.54, 1.807) is 31.2 Å². The minimum atomic E-state index is -5.68. The zero-order valence-electron chi connectivity index (χ0n) is 18.6. The molecule has 36 heavy (non-hydrogen) atoms. The highest BCUT2D eigenvalue weighted by Gasteiger charge is 2.56. The molecule has 1 unspecified atom stereocenters. The molecule has 4 aromatic rings. The first kappa shape index (κ1) is 23.6. The Morgan fingerprint density at radius 3 is 2.50 bits per heavy atom. The zero-order valence-corrected chi connectivity index (χ0v) is 18.6. The summed E-state index contributed by atoms with van der Waals surface area (Å²) >= 11 is 0. The van der Waals surface area contributed by atoms with Crippen molar-refractivity contribution in [2.75, 3.05) is 11.1 Å². The second kappa shape index (κ2) is 7.93. The number of nitrogens with zero attached hydrogens (tertiary/aromatic N) is 5. The van der Waals surface area contributed by atoms with Crippen LogP contribution in [0, 0.1) is 0 Å². The van der Waals surface area contributed by atoms with Crippen molar-refractivity contribution < 1.29 is 26.7 Å². The van der Waals surface area contributed by atoms with E-state index >= 15 is 0 Å². The molecule has 4 heterocycles. The minimum absolute atomic E-state index is 0.00242. The summed E-state index contributed by atoms with van der Waals surface area (Å²) in [6, 6.07) is 8.93. The number of hydrogen-bond acceptors (Lipinski definition) is 6. The number of benzene rings is 1. The lowest BCUT2D eigenvalue weighted by Crippen LogP contribution is -2.36. The third-order valence-corrected chi connectivity index (χ3v) is 6.24. The maximum absolute atomic E-state index is 13.6. The summed E-state index contributed by atoms with van der Waals surface area (Å²) in [7, 11) is 0. The number of anilines is 2. The predicted octanol–water partition coefficient (Wildman–Crippen LogP) is 4.16. The Hall–Kier alpha value is -4.16. The van der Waals surface area contributed by atoms with Crippen molar-refractivity contribution >= 4 is 23.2 Å². The number of rotatable bonds is 5. The maximum Gasteiger partial charge on any atom is 0.453 e. The largest absolute Gasteiger partial charge is 0.453 e. The molecular weight excluding hydrogens is 485 g/mol. The van der Waals surface area contributed by atoms with E-state index in [1.165, 1.54) is 23.0 Å². The van der Waals surface area contributed by atoms with Crippen LogP contribution in [-0.2, 0) is 16.6 Å². The predicted molar refractivity (Wildman–Crippen MR) is 119 cm³/mol. The highest BCUT2D eigenvalue weighted by molar-refractivity contribution is 6.09. The number of fused-ring (bicyclic) bond motifs is 2. The zero-order chi connectivity index (χ0) is 25.9. The van der Waals surface area contributed by atoms with Crippen LogP contribution in [-0.4, -0.2) is 42.3 Å². The molecule has 1 atom stereocenters. The summed E-state index contributed by atoms with van der Waals surface area (Å²) < 4.78 is 66.5. The lowest BCUT2D eigenvalue weighted by atomic mass is 9.78. The van der Waals surface area contributed by atoms with Crippen molar-refractivity contribution in [2.45, 2.75) is 37.3 Å². The number of nitrogen functional groups attached to an aromatic ring is 1. The number of aromatic nitrogens is 5. The van der Waals surface area contributed by atoms with E-state index in [2.05, 4.69) is 25.3 Å². The van der Waals surface area contributed by atoms with Crippen LogP contribution in [0.3, 0.4) is 0 Å². The van der Waals surface area contributed by atoms with Crippen molar-refractivity contribution in [1.29, 1.82) is 0 Å². The van der Waals surface area contributed by atoms with E-state index in [1.807, 2.05) is 6.07 Å². The van der Waals surface area contributed by atoms with Gasteiger partial charge in [-0.25, -0.2) is 19.9 Å². The van der Waals surface area contributed by atoms with E-state index in [0.29, 0.717) is 11.1 Å². The molecule has 1 aromatic carbocycles. The van der Waals surface area contributed by atoms with Crippen molar-refractivity contribution in [3.8, 4) is 11.5 Å². The van der Waals surface area contributed by atoms with Gasteiger partial charge in [0, 0.05) is 25.0 Å². The van der Waals surface area contributed by atoms with Crippen LogP contribution >= 0.6 is 0 Å². The van der Waals surface area contributed by atoms with Gasteiger partial charge in [0.25, 0.3) is 0 Å². The third kappa shape index (κ3) is 3.62. The van der Waals surface area contributed by atoms with Crippen LogP contribution in [0.2, 0.25) is 0 Å². The summed E-state index contributed by atoms with van der Waals surface area (Å²) in [6.07, 6.45) is -3.61. The van der Waals surface area contributed by atoms with Crippen LogP contribution in [0.25, 0.3) is 17.2 Å². The molecule has 186 valence electrons. The molecule has 0 bridgehead atoms. The van der Waals surface area contributed by atoms with Crippen LogP contribution in [0.1, 0.15) is 30.2 Å². The molecule has 0 saturated heterocycles. The van der Waals surface area contributed by atoms with E-state index < -0.39 is 30.4 Å². The van der Waals surface area contributed by atoms with Gasteiger partial charge in [-0.2, -0.15) is 22.0 Å². The monoisotopic (exact) mass is 503 g/mol. The number of halogens is 5. The van der Waals surface area contributed by atoms with Gasteiger partial charge in [0.2, 0.25) is 5.91 Å². The van der Waals surface area contributed by atoms with Crippen molar-refractivity contribution in [3.63, 3.8) is 0 Å². The summed E-state index contributed by atoms with van der Waals surface area (Å²) in [5, 5.41) is 2.70. The number of nitrogens with two attached hydrogens (primary N) is 1. The van der Waals surface area contributed by atoms with Gasteiger partial charge >= 0.3 is 12.1 Å².